The van der Waals surface area contributed by atoms with E-state index in [1.54, 1.807) is 13.3 Å². The van der Waals surface area contributed by atoms with Gasteiger partial charge in [0.05, 0.1) is 19.9 Å². The van der Waals surface area contributed by atoms with Crippen molar-refractivity contribution in [3.05, 3.63) is 66.4 Å². The monoisotopic (exact) mass is 393 g/mol. The van der Waals surface area contributed by atoms with Crippen LogP contribution in [0.1, 0.15) is 19.4 Å². The Morgan fingerprint density at radius 1 is 1.00 bits per heavy atom. The standard InChI is InChI=1S/C22H27N5O2/c1-17(2)27(16-18-7-5-4-6-8-18)21-15-24-26-22(25-21)23-13-14-29-20-11-9-19(28-3)10-12-20/h4-12,15,17H,13-14,16H2,1-3H3,(H,23,25,26). The lowest BCUT2D eigenvalue weighted by atomic mass is 10.2. The Hall–Kier alpha value is -3.35. The predicted octanol–water partition coefficient (Wildman–Crippen LogP) is 3.79. The molecule has 0 spiro atoms. The summed E-state index contributed by atoms with van der Waals surface area (Å²) in [5.74, 6) is 2.86. The first-order chi connectivity index (χ1) is 14.2. The molecule has 0 aliphatic rings. The van der Waals surface area contributed by atoms with Crippen LogP contribution in [0.4, 0.5) is 11.8 Å². The second-order valence-electron chi connectivity index (χ2n) is 6.80. The summed E-state index contributed by atoms with van der Waals surface area (Å²) in [6.07, 6.45) is 1.70. The lowest BCUT2D eigenvalue weighted by molar-refractivity contribution is 0.331. The molecular weight excluding hydrogens is 366 g/mol. The highest BCUT2D eigenvalue weighted by molar-refractivity contribution is 5.42. The minimum atomic E-state index is 0.276. The van der Waals surface area contributed by atoms with Crippen molar-refractivity contribution in [2.45, 2.75) is 26.4 Å². The quantitative estimate of drug-likeness (QED) is 0.526. The molecule has 3 aromatic rings. The highest BCUT2D eigenvalue weighted by Gasteiger charge is 2.14. The van der Waals surface area contributed by atoms with Gasteiger partial charge in [0, 0.05) is 12.6 Å². The van der Waals surface area contributed by atoms with Gasteiger partial charge in [0.2, 0.25) is 5.95 Å². The molecule has 1 heterocycles. The Balaban J connectivity index is 1.56. The molecule has 3 rings (SSSR count). The fraction of sp³-hybridized carbons (Fsp3) is 0.318. The van der Waals surface area contributed by atoms with E-state index in [1.807, 2.05) is 42.5 Å². The first kappa shape index (κ1) is 20.4. The van der Waals surface area contributed by atoms with Crippen molar-refractivity contribution in [1.82, 2.24) is 15.2 Å². The zero-order valence-corrected chi connectivity index (χ0v) is 17.1. The van der Waals surface area contributed by atoms with Crippen LogP contribution in [0, 0.1) is 0 Å². The molecule has 1 aromatic heterocycles. The molecule has 0 unspecified atom stereocenters. The molecule has 1 N–H and O–H groups in total. The molecule has 7 heteroatoms. The maximum Gasteiger partial charge on any atom is 0.244 e. The molecule has 0 atom stereocenters. The molecule has 0 saturated heterocycles. The highest BCUT2D eigenvalue weighted by atomic mass is 16.5. The SMILES string of the molecule is COc1ccc(OCCNc2nncc(N(Cc3ccccc3)C(C)C)n2)cc1. The summed E-state index contributed by atoms with van der Waals surface area (Å²) in [6.45, 7) is 6.09. The average molecular weight is 393 g/mol. The molecule has 152 valence electrons. The Kier molecular flexibility index (Phi) is 7.22. The second-order valence-corrected chi connectivity index (χ2v) is 6.80. The van der Waals surface area contributed by atoms with Gasteiger partial charge >= 0.3 is 0 Å². The molecule has 0 bridgehead atoms. The van der Waals surface area contributed by atoms with E-state index < -0.39 is 0 Å². The van der Waals surface area contributed by atoms with Crippen molar-refractivity contribution in [2.75, 3.05) is 30.5 Å². The Morgan fingerprint density at radius 3 is 2.41 bits per heavy atom. The number of nitrogens with zero attached hydrogens (tertiary/aromatic N) is 4. The van der Waals surface area contributed by atoms with Crippen molar-refractivity contribution >= 4 is 11.8 Å². The van der Waals surface area contributed by atoms with E-state index in [4.69, 9.17) is 9.47 Å². The van der Waals surface area contributed by atoms with Crippen LogP contribution in [0.3, 0.4) is 0 Å². The van der Waals surface area contributed by atoms with Crippen molar-refractivity contribution in [2.24, 2.45) is 0 Å². The van der Waals surface area contributed by atoms with Gasteiger partial charge in [-0.05, 0) is 43.7 Å². The number of nitrogens with one attached hydrogen (secondary N) is 1. The minimum absolute atomic E-state index is 0.276. The van der Waals surface area contributed by atoms with E-state index in [0.29, 0.717) is 19.1 Å². The number of aromatic nitrogens is 3. The van der Waals surface area contributed by atoms with Gasteiger partial charge in [-0.15, -0.1) is 5.10 Å². The van der Waals surface area contributed by atoms with Crippen LogP contribution in [-0.2, 0) is 6.54 Å². The Labute approximate surface area is 171 Å². The molecule has 2 aromatic carbocycles. The van der Waals surface area contributed by atoms with Crippen molar-refractivity contribution < 1.29 is 9.47 Å². The smallest absolute Gasteiger partial charge is 0.244 e. The van der Waals surface area contributed by atoms with E-state index in [0.717, 1.165) is 23.9 Å². The van der Waals surface area contributed by atoms with Crippen LogP contribution >= 0.6 is 0 Å². The first-order valence-corrected chi connectivity index (χ1v) is 9.66. The van der Waals surface area contributed by atoms with Crippen LogP contribution < -0.4 is 19.7 Å². The van der Waals surface area contributed by atoms with Crippen molar-refractivity contribution in [3.8, 4) is 11.5 Å². The van der Waals surface area contributed by atoms with E-state index in [-0.39, 0.29) is 6.04 Å². The molecule has 0 saturated carbocycles. The molecule has 0 amide bonds. The third kappa shape index (κ3) is 6.07. The molecular formula is C22H27N5O2. The highest BCUT2D eigenvalue weighted by Crippen LogP contribution is 2.18. The number of hydrogen-bond donors (Lipinski definition) is 1. The topological polar surface area (TPSA) is 72.4 Å². The first-order valence-electron chi connectivity index (χ1n) is 9.66. The van der Waals surface area contributed by atoms with Gasteiger partial charge in [-0.2, -0.15) is 10.1 Å². The summed E-state index contributed by atoms with van der Waals surface area (Å²) in [5.41, 5.74) is 1.22. The lowest BCUT2D eigenvalue weighted by Crippen LogP contribution is -2.31. The Morgan fingerprint density at radius 2 is 1.72 bits per heavy atom. The lowest BCUT2D eigenvalue weighted by Gasteiger charge is -2.27. The van der Waals surface area contributed by atoms with Crippen molar-refractivity contribution in [1.29, 1.82) is 0 Å². The fourth-order valence-corrected chi connectivity index (χ4v) is 2.82. The zero-order valence-electron chi connectivity index (χ0n) is 17.1. The van der Waals surface area contributed by atoms with Gasteiger partial charge in [-0.25, -0.2) is 0 Å². The summed E-state index contributed by atoms with van der Waals surface area (Å²) in [7, 11) is 1.64. The van der Waals surface area contributed by atoms with Gasteiger partial charge in [0.1, 0.15) is 18.1 Å². The fourth-order valence-electron chi connectivity index (χ4n) is 2.82. The maximum atomic E-state index is 5.72. The predicted molar refractivity (Wildman–Crippen MR) is 115 cm³/mol. The number of ether oxygens (including phenoxy) is 2. The second kappa shape index (κ2) is 10.3. The zero-order chi connectivity index (χ0) is 20.5. The van der Waals surface area contributed by atoms with E-state index in [1.165, 1.54) is 5.56 Å². The summed E-state index contributed by atoms with van der Waals surface area (Å²) in [6, 6.07) is 18.1. The van der Waals surface area contributed by atoms with E-state index >= 15 is 0 Å². The third-order valence-electron chi connectivity index (χ3n) is 4.37. The number of methoxy groups -OCH3 is 1. The number of rotatable bonds is 10. The number of anilines is 2. The molecule has 0 aliphatic carbocycles. The summed E-state index contributed by atoms with van der Waals surface area (Å²) in [4.78, 5) is 6.82. The number of benzene rings is 2. The summed E-state index contributed by atoms with van der Waals surface area (Å²) in [5, 5.41) is 11.4. The van der Waals surface area contributed by atoms with Crippen LogP contribution in [0.2, 0.25) is 0 Å². The normalized spacial score (nSPS) is 10.6. The van der Waals surface area contributed by atoms with Crippen LogP contribution in [0.15, 0.2) is 60.8 Å². The summed E-state index contributed by atoms with van der Waals surface area (Å²) < 4.78 is 10.9. The molecule has 0 fully saturated rings. The maximum absolute atomic E-state index is 5.72. The van der Waals surface area contributed by atoms with Gasteiger partial charge in [-0.3, -0.25) is 0 Å². The minimum Gasteiger partial charge on any atom is -0.497 e. The van der Waals surface area contributed by atoms with Crippen molar-refractivity contribution in [3.63, 3.8) is 0 Å². The third-order valence-corrected chi connectivity index (χ3v) is 4.37. The molecule has 7 nitrogen and oxygen atoms in total. The molecule has 0 aliphatic heterocycles. The van der Waals surface area contributed by atoms with Gasteiger partial charge in [-0.1, -0.05) is 30.3 Å². The van der Waals surface area contributed by atoms with Crippen LogP contribution in [0.5, 0.6) is 11.5 Å². The average Bonchev–Trinajstić information content (AvgIpc) is 2.76. The van der Waals surface area contributed by atoms with Crippen LogP contribution in [-0.4, -0.2) is 41.5 Å². The van der Waals surface area contributed by atoms with E-state index in [2.05, 4.69) is 51.4 Å². The molecule has 29 heavy (non-hydrogen) atoms. The molecule has 0 radical (unpaired) electrons. The Bertz CT molecular complexity index is 872. The van der Waals surface area contributed by atoms with Gasteiger partial charge in [0.15, 0.2) is 5.82 Å². The van der Waals surface area contributed by atoms with E-state index in [9.17, 15) is 0 Å². The van der Waals surface area contributed by atoms with Crippen LogP contribution in [0.25, 0.3) is 0 Å². The van der Waals surface area contributed by atoms with Gasteiger partial charge < -0.3 is 19.7 Å². The summed E-state index contributed by atoms with van der Waals surface area (Å²) >= 11 is 0. The number of hydrogen-bond acceptors (Lipinski definition) is 7. The largest absolute Gasteiger partial charge is 0.497 e. The van der Waals surface area contributed by atoms with Gasteiger partial charge in [0.25, 0.3) is 0 Å².